The summed E-state index contributed by atoms with van der Waals surface area (Å²) in [4.78, 5) is 0. The fourth-order valence-corrected chi connectivity index (χ4v) is 3.51. The number of fused-ring (bicyclic) bond motifs is 1. The molecule has 1 aliphatic rings. The third-order valence-electron chi connectivity index (χ3n) is 3.55. The van der Waals surface area contributed by atoms with Crippen LogP contribution in [0.4, 0.5) is 0 Å². The van der Waals surface area contributed by atoms with Gasteiger partial charge in [0.05, 0.1) is 6.10 Å². The third-order valence-corrected chi connectivity index (χ3v) is 4.47. The number of aliphatic hydroxyl groups excluding tert-OH is 1. The summed E-state index contributed by atoms with van der Waals surface area (Å²) < 4.78 is 5.45. The fraction of sp³-hybridized carbons (Fsp3) is 0.250. The van der Waals surface area contributed by atoms with E-state index in [1.165, 1.54) is 0 Å². The van der Waals surface area contributed by atoms with Crippen LogP contribution in [-0.4, -0.2) is 5.11 Å². The standard InChI is InChI=1S/C16H15BrO2/c1-11-6-2-4-8-13(11)16(17)10-14(18)12-7-3-5-9-15(12)19-16/h2-9,14,18H,10H2,1H3. The van der Waals surface area contributed by atoms with Crippen LogP contribution in [0.25, 0.3) is 0 Å². The van der Waals surface area contributed by atoms with Crippen LogP contribution in [0, 0.1) is 6.92 Å². The van der Waals surface area contributed by atoms with E-state index in [0.29, 0.717) is 6.42 Å². The van der Waals surface area contributed by atoms with E-state index in [9.17, 15) is 5.11 Å². The van der Waals surface area contributed by atoms with Crippen molar-refractivity contribution >= 4 is 15.9 Å². The summed E-state index contributed by atoms with van der Waals surface area (Å²) in [5.41, 5.74) is 3.06. The molecule has 2 aromatic carbocycles. The van der Waals surface area contributed by atoms with Gasteiger partial charge in [0.25, 0.3) is 0 Å². The summed E-state index contributed by atoms with van der Waals surface area (Å²) in [7, 11) is 0. The minimum absolute atomic E-state index is 0.495. The fourth-order valence-electron chi connectivity index (χ4n) is 2.58. The molecule has 0 radical (unpaired) electrons. The predicted molar refractivity (Wildman–Crippen MR) is 78.4 cm³/mol. The maximum absolute atomic E-state index is 10.3. The molecule has 0 bridgehead atoms. The molecule has 1 N–H and O–H groups in total. The molecule has 3 rings (SSSR count). The van der Waals surface area contributed by atoms with Gasteiger partial charge in [-0.05, 0) is 34.5 Å². The maximum atomic E-state index is 10.3. The number of hydrogen-bond acceptors (Lipinski definition) is 2. The molecular formula is C16H15BrO2. The van der Waals surface area contributed by atoms with Gasteiger partial charge < -0.3 is 9.84 Å². The largest absolute Gasteiger partial charge is 0.471 e. The lowest BCUT2D eigenvalue weighted by Crippen LogP contribution is -2.33. The minimum atomic E-state index is -0.661. The van der Waals surface area contributed by atoms with Crippen LogP contribution in [0.15, 0.2) is 48.5 Å². The molecule has 0 fully saturated rings. The first-order chi connectivity index (χ1) is 9.10. The zero-order valence-corrected chi connectivity index (χ0v) is 12.2. The molecule has 19 heavy (non-hydrogen) atoms. The van der Waals surface area contributed by atoms with E-state index in [4.69, 9.17) is 4.74 Å². The zero-order valence-electron chi connectivity index (χ0n) is 10.6. The van der Waals surface area contributed by atoms with Crippen molar-refractivity contribution in [3.05, 3.63) is 65.2 Å². The maximum Gasteiger partial charge on any atom is 0.191 e. The molecule has 0 amide bonds. The monoisotopic (exact) mass is 318 g/mol. The number of hydrogen-bond donors (Lipinski definition) is 1. The highest BCUT2D eigenvalue weighted by atomic mass is 79.9. The first kappa shape index (κ1) is 12.7. The zero-order chi connectivity index (χ0) is 13.5. The van der Waals surface area contributed by atoms with E-state index < -0.39 is 10.6 Å². The van der Waals surface area contributed by atoms with Gasteiger partial charge in [0, 0.05) is 17.5 Å². The number of rotatable bonds is 1. The van der Waals surface area contributed by atoms with E-state index in [1.807, 2.05) is 42.5 Å². The molecule has 2 nitrogen and oxygen atoms in total. The number of aliphatic hydroxyl groups is 1. The molecule has 0 saturated heterocycles. The van der Waals surface area contributed by atoms with E-state index >= 15 is 0 Å². The second-order valence-corrected chi connectivity index (χ2v) is 6.18. The Morgan fingerprint density at radius 1 is 1.16 bits per heavy atom. The number of aryl methyl sites for hydroxylation is 1. The lowest BCUT2D eigenvalue weighted by atomic mass is 9.93. The van der Waals surface area contributed by atoms with E-state index in [1.54, 1.807) is 0 Å². The van der Waals surface area contributed by atoms with Gasteiger partial charge in [-0.25, -0.2) is 0 Å². The topological polar surface area (TPSA) is 29.5 Å². The second-order valence-electron chi connectivity index (χ2n) is 4.90. The van der Waals surface area contributed by atoms with Gasteiger partial charge in [0.15, 0.2) is 4.51 Å². The number of ether oxygens (including phenoxy) is 1. The molecule has 1 heterocycles. The van der Waals surface area contributed by atoms with Crippen LogP contribution in [0.2, 0.25) is 0 Å². The van der Waals surface area contributed by atoms with Crippen LogP contribution in [0.5, 0.6) is 5.75 Å². The lowest BCUT2D eigenvalue weighted by Gasteiger charge is -2.37. The Labute approximate surface area is 121 Å². The van der Waals surface area contributed by atoms with Crippen molar-refractivity contribution < 1.29 is 9.84 Å². The molecule has 98 valence electrons. The molecular weight excluding hydrogens is 304 g/mol. The van der Waals surface area contributed by atoms with Crippen molar-refractivity contribution in [2.24, 2.45) is 0 Å². The van der Waals surface area contributed by atoms with Crippen LogP contribution >= 0.6 is 15.9 Å². The quantitative estimate of drug-likeness (QED) is 0.803. The SMILES string of the molecule is Cc1ccccc1C1(Br)CC(O)c2ccccc2O1. The van der Waals surface area contributed by atoms with Crippen LogP contribution in [-0.2, 0) is 4.51 Å². The minimum Gasteiger partial charge on any atom is -0.471 e. The van der Waals surface area contributed by atoms with Crippen molar-refractivity contribution in [1.29, 1.82) is 0 Å². The number of benzene rings is 2. The molecule has 2 atom stereocenters. The summed E-state index contributed by atoms with van der Waals surface area (Å²) in [6, 6.07) is 15.7. The van der Waals surface area contributed by atoms with Gasteiger partial charge in [0.1, 0.15) is 5.75 Å². The molecule has 0 saturated carbocycles. The molecule has 0 aliphatic carbocycles. The Hall–Kier alpha value is -1.32. The highest BCUT2D eigenvalue weighted by molar-refractivity contribution is 9.09. The summed E-state index contributed by atoms with van der Waals surface area (Å²) in [5, 5.41) is 10.3. The van der Waals surface area contributed by atoms with Crippen molar-refractivity contribution in [2.75, 3.05) is 0 Å². The smallest absolute Gasteiger partial charge is 0.191 e. The van der Waals surface area contributed by atoms with Crippen LogP contribution in [0.1, 0.15) is 29.2 Å². The summed E-state index contributed by atoms with van der Waals surface area (Å²) in [5.74, 6) is 0.737. The highest BCUT2D eigenvalue weighted by Crippen LogP contribution is 2.48. The second kappa shape index (κ2) is 4.66. The molecule has 2 unspecified atom stereocenters. The summed E-state index contributed by atoms with van der Waals surface area (Å²) in [6.07, 6.45) is -0.0292. The Morgan fingerprint density at radius 3 is 2.63 bits per heavy atom. The molecule has 1 aliphatic heterocycles. The van der Waals surface area contributed by atoms with E-state index in [-0.39, 0.29) is 0 Å². The Morgan fingerprint density at radius 2 is 1.84 bits per heavy atom. The van der Waals surface area contributed by atoms with E-state index in [0.717, 1.165) is 22.4 Å². The Kier molecular flexibility index (Phi) is 3.11. The lowest BCUT2D eigenvalue weighted by molar-refractivity contribution is 0.0483. The molecule has 0 aromatic heterocycles. The third kappa shape index (κ3) is 2.17. The normalized spacial score (nSPS) is 25.5. The average molecular weight is 319 g/mol. The van der Waals surface area contributed by atoms with Gasteiger partial charge in [-0.2, -0.15) is 0 Å². The number of halogens is 1. The van der Waals surface area contributed by atoms with Crippen molar-refractivity contribution in [1.82, 2.24) is 0 Å². The van der Waals surface area contributed by atoms with Gasteiger partial charge in [0.2, 0.25) is 0 Å². The first-order valence-electron chi connectivity index (χ1n) is 6.31. The van der Waals surface area contributed by atoms with Crippen molar-refractivity contribution in [3.63, 3.8) is 0 Å². The predicted octanol–water partition coefficient (Wildman–Crippen LogP) is 4.06. The summed E-state index contributed by atoms with van der Waals surface area (Å²) in [6.45, 7) is 2.05. The number of para-hydroxylation sites is 1. The van der Waals surface area contributed by atoms with Crippen LogP contribution < -0.4 is 4.74 Å². The first-order valence-corrected chi connectivity index (χ1v) is 7.10. The molecule has 0 spiro atoms. The average Bonchev–Trinajstić information content (AvgIpc) is 2.39. The Balaban J connectivity index is 2.07. The summed E-state index contributed by atoms with van der Waals surface area (Å²) >= 11 is 3.68. The van der Waals surface area contributed by atoms with Gasteiger partial charge in [-0.15, -0.1) is 0 Å². The molecule has 3 heteroatoms. The van der Waals surface area contributed by atoms with E-state index in [2.05, 4.69) is 28.9 Å². The highest BCUT2D eigenvalue weighted by Gasteiger charge is 2.40. The van der Waals surface area contributed by atoms with Gasteiger partial charge >= 0.3 is 0 Å². The Bertz CT molecular complexity index is 611. The van der Waals surface area contributed by atoms with Crippen LogP contribution in [0.3, 0.4) is 0 Å². The molecule has 2 aromatic rings. The number of alkyl halides is 1. The van der Waals surface area contributed by atoms with Gasteiger partial charge in [-0.3, -0.25) is 0 Å². The van der Waals surface area contributed by atoms with Gasteiger partial charge in [-0.1, -0.05) is 42.5 Å². The van der Waals surface area contributed by atoms with Crippen molar-refractivity contribution in [2.45, 2.75) is 24.0 Å². The van der Waals surface area contributed by atoms with Crippen molar-refractivity contribution in [3.8, 4) is 5.75 Å².